The highest BCUT2D eigenvalue weighted by Crippen LogP contribution is 2.47. The third-order valence-corrected chi connectivity index (χ3v) is 9.81. The van der Waals surface area contributed by atoms with Gasteiger partial charge in [-0.2, -0.15) is 0 Å². The summed E-state index contributed by atoms with van der Waals surface area (Å²) >= 11 is 6.39. The fraction of sp³-hybridized carbons (Fsp3) is 0.581. The van der Waals surface area contributed by atoms with Gasteiger partial charge in [-0.1, -0.05) is 24.6 Å². The number of rotatable bonds is 4. The molecular weight excluding hydrogens is 502 g/mol. The van der Waals surface area contributed by atoms with E-state index in [-0.39, 0.29) is 29.5 Å². The molecule has 204 valence electrons. The first-order valence-corrected chi connectivity index (χ1v) is 14.4. The minimum Gasteiger partial charge on any atom is -0.490 e. The summed E-state index contributed by atoms with van der Waals surface area (Å²) in [6.45, 7) is 4.95. The molecule has 2 aliphatic heterocycles. The largest absolute Gasteiger partial charge is 0.490 e. The van der Waals surface area contributed by atoms with Crippen LogP contribution in [0, 0.1) is 17.8 Å². The monoisotopic (exact) mass is 539 g/mol. The first-order valence-electron chi connectivity index (χ1n) is 14.1. The standard InChI is InChI=1S/C31H38ClNO5/c1-19-16-37-29(14-27(19)34)24-8-5-22(24)15-33-17-31(11-3-4-20-12-23(32)7-9-25(20)31)18-38-28-10-6-21(13-26(28)33)30(35)36-2/h6-7,9-10,12-13,19,22,24,27,29,34H,3-5,8,11,14-18H2,1-2H3/t19-,22+,24-,27+,29-,31+/m1/s1. The molecular formula is C31H38ClNO5. The Morgan fingerprint density at radius 3 is 2.87 bits per heavy atom. The van der Waals surface area contributed by atoms with Crippen molar-refractivity contribution in [2.24, 2.45) is 17.8 Å². The lowest BCUT2D eigenvalue weighted by Crippen LogP contribution is -2.51. The van der Waals surface area contributed by atoms with E-state index in [1.807, 2.05) is 18.2 Å². The number of ether oxygens (including phenoxy) is 3. The fourth-order valence-corrected chi connectivity index (χ4v) is 7.37. The third kappa shape index (κ3) is 4.69. The highest BCUT2D eigenvalue weighted by atomic mass is 35.5. The van der Waals surface area contributed by atoms with E-state index in [0.717, 1.165) is 61.7 Å². The number of benzene rings is 2. The van der Waals surface area contributed by atoms with E-state index >= 15 is 0 Å². The smallest absolute Gasteiger partial charge is 0.337 e. The van der Waals surface area contributed by atoms with Crippen molar-refractivity contribution in [2.45, 2.75) is 63.1 Å². The molecule has 6 nitrogen and oxygen atoms in total. The molecule has 2 aromatic rings. The molecule has 0 bridgehead atoms. The maximum atomic E-state index is 12.5. The van der Waals surface area contributed by atoms with Crippen molar-refractivity contribution < 1.29 is 24.1 Å². The number of aryl methyl sites for hydroxylation is 1. The molecule has 6 rings (SSSR count). The highest BCUT2D eigenvalue weighted by molar-refractivity contribution is 6.30. The number of anilines is 1. The Hall–Kier alpha value is -2.28. The second-order valence-electron chi connectivity index (χ2n) is 11.9. The topological polar surface area (TPSA) is 68.2 Å². The lowest BCUT2D eigenvalue weighted by molar-refractivity contribution is -0.124. The van der Waals surface area contributed by atoms with Crippen molar-refractivity contribution >= 4 is 23.3 Å². The van der Waals surface area contributed by atoms with Crippen molar-refractivity contribution in [1.29, 1.82) is 0 Å². The van der Waals surface area contributed by atoms with Crippen LogP contribution in [0.4, 0.5) is 5.69 Å². The number of esters is 1. The van der Waals surface area contributed by atoms with Crippen molar-refractivity contribution in [3.05, 3.63) is 58.1 Å². The van der Waals surface area contributed by atoms with Crippen LogP contribution in [0.15, 0.2) is 36.4 Å². The van der Waals surface area contributed by atoms with Crippen LogP contribution in [0.3, 0.4) is 0 Å². The van der Waals surface area contributed by atoms with Gasteiger partial charge in [0.15, 0.2) is 0 Å². The van der Waals surface area contributed by atoms with Gasteiger partial charge >= 0.3 is 5.97 Å². The molecule has 0 radical (unpaired) electrons. The van der Waals surface area contributed by atoms with Crippen LogP contribution in [0.1, 0.15) is 60.5 Å². The Morgan fingerprint density at radius 1 is 1.24 bits per heavy atom. The number of hydrogen-bond donors (Lipinski definition) is 1. The van der Waals surface area contributed by atoms with Crippen LogP contribution in [0.25, 0.3) is 0 Å². The van der Waals surface area contributed by atoms with Crippen LogP contribution in [-0.4, -0.2) is 56.7 Å². The molecule has 38 heavy (non-hydrogen) atoms. The Morgan fingerprint density at radius 2 is 2.11 bits per heavy atom. The van der Waals surface area contributed by atoms with Gasteiger partial charge in [0.25, 0.3) is 0 Å². The summed E-state index contributed by atoms with van der Waals surface area (Å²) in [5, 5.41) is 11.3. The molecule has 2 aromatic carbocycles. The van der Waals surface area contributed by atoms with Crippen molar-refractivity contribution in [3.63, 3.8) is 0 Å². The summed E-state index contributed by atoms with van der Waals surface area (Å²) in [5.41, 5.74) is 3.97. The molecule has 2 fully saturated rings. The molecule has 2 heterocycles. The quantitative estimate of drug-likeness (QED) is 0.524. The average Bonchev–Trinajstić information content (AvgIpc) is 3.05. The SMILES string of the molecule is COC(=O)c1ccc2c(c1)N(C[C@@H]1CC[C@H]1[C@H]1C[C@H](O)[C@H](C)CO1)C[C@@]1(CCCc3cc(Cl)ccc31)CO2. The summed E-state index contributed by atoms with van der Waals surface area (Å²) < 4.78 is 17.8. The minimum absolute atomic E-state index is 0.107. The van der Waals surface area contributed by atoms with Crippen molar-refractivity contribution in [3.8, 4) is 5.75 Å². The molecule has 0 amide bonds. The number of carbonyl (C=O) groups is 1. The van der Waals surface area contributed by atoms with Crippen LogP contribution in [0.2, 0.25) is 5.02 Å². The van der Waals surface area contributed by atoms with Gasteiger partial charge < -0.3 is 24.2 Å². The zero-order valence-corrected chi connectivity index (χ0v) is 23.1. The second-order valence-corrected chi connectivity index (χ2v) is 12.4. The van der Waals surface area contributed by atoms with Gasteiger partial charge in [-0.05, 0) is 85.4 Å². The number of aliphatic hydroxyl groups excluding tert-OH is 1. The normalized spacial score (nSPS) is 32.4. The van der Waals surface area contributed by atoms with E-state index in [0.29, 0.717) is 37.0 Å². The van der Waals surface area contributed by atoms with Gasteiger partial charge in [0.2, 0.25) is 0 Å². The Kier molecular flexibility index (Phi) is 7.08. The molecule has 1 saturated heterocycles. The van der Waals surface area contributed by atoms with Gasteiger partial charge in [0, 0.05) is 35.9 Å². The first kappa shape index (κ1) is 26.0. The van der Waals surface area contributed by atoms with Crippen molar-refractivity contribution in [2.75, 3.05) is 38.3 Å². The number of methoxy groups -OCH3 is 1. The van der Waals surface area contributed by atoms with Gasteiger partial charge in [0.1, 0.15) is 5.75 Å². The predicted molar refractivity (Wildman–Crippen MR) is 147 cm³/mol. The lowest BCUT2D eigenvalue weighted by Gasteiger charge is -2.48. The molecule has 1 saturated carbocycles. The van der Waals surface area contributed by atoms with E-state index in [9.17, 15) is 9.90 Å². The van der Waals surface area contributed by atoms with E-state index in [1.54, 1.807) is 6.07 Å². The molecule has 1 N–H and O–H groups in total. The zero-order valence-electron chi connectivity index (χ0n) is 22.3. The number of aliphatic hydroxyl groups is 1. The van der Waals surface area contributed by atoms with Crippen LogP contribution in [-0.2, 0) is 21.3 Å². The van der Waals surface area contributed by atoms with Crippen LogP contribution in [0.5, 0.6) is 5.75 Å². The van der Waals surface area contributed by atoms with Crippen LogP contribution >= 0.6 is 11.6 Å². The molecule has 0 unspecified atom stereocenters. The van der Waals surface area contributed by atoms with E-state index in [1.165, 1.54) is 18.2 Å². The summed E-state index contributed by atoms with van der Waals surface area (Å²) in [6, 6.07) is 11.9. The van der Waals surface area contributed by atoms with Gasteiger partial charge in [0.05, 0.1) is 43.8 Å². The molecule has 7 heteroatoms. The maximum Gasteiger partial charge on any atom is 0.337 e. The number of nitrogens with zero attached hydrogens (tertiary/aromatic N) is 1. The summed E-state index contributed by atoms with van der Waals surface area (Å²) in [4.78, 5) is 14.9. The average molecular weight is 540 g/mol. The summed E-state index contributed by atoms with van der Waals surface area (Å²) in [6.07, 6.45) is 5.95. The van der Waals surface area contributed by atoms with Gasteiger partial charge in [-0.15, -0.1) is 0 Å². The summed E-state index contributed by atoms with van der Waals surface area (Å²) in [5.74, 6) is 1.55. The minimum atomic E-state index is -0.343. The molecule has 6 atom stereocenters. The number of halogens is 1. The highest BCUT2D eigenvalue weighted by Gasteiger charge is 2.45. The van der Waals surface area contributed by atoms with E-state index in [4.69, 9.17) is 25.8 Å². The third-order valence-electron chi connectivity index (χ3n) is 9.57. The van der Waals surface area contributed by atoms with Crippen molar-refractivity contribution in [1.82, 2.24) is 0 Å². The van der Waals surface area contributed by atoms with Crippen LogP contribution < -0.4 is 9.64 Å². The number of carbonyl (C=O) groups excluding carboxylic acids is 1. The Labute approximate surface area is 230 Å². The molecule has 2 aliphatic carbocycles. The predicted octanol–water partition coefficient (Wildman–Crippen LogP) is 5.41. The number of hydrogen-bond acceptors (Lipinski definition) is 6. The number of fused-ring (bicyclic) bond motifs is 3. The molecule has 1 spiro atoms. The summed E-state index contributed by atoms with van der Waals surface area (Å²) in [7, 11) is 1.42. The lowest BCUT2D eigenvalue weighted by atomic mass is 9.67. The van der Waals surface area contributed by atoms with Gasteiger partial charge in [-0.3, -0.25) is 0 Å². The first-order chi connectivity index (χ1) is 18.4. The van der Waals surface area contributed by atoms with E-state index in [2.05, 4.69) is 24.0 Å². The maximum absolute atomic E-state index is 12.5. The molecule has 4 aliphatic rings. The molecule has 0 aromatic heterocycles. The van der Waals surface area contributed by atoms with E-state index < -0.39 is 0 Å². The Balaban J connectivity index is 1.33. The van der Waals surface area contributed by atoms with Gasteiger partial charge in [-0.25, -0.2) is 4.79 Å². The Bertz CT molecular complexity index is 1200. The fourth-order valence-electron chi connectivity index (χ4n) is 7.18. The zero-order chi connectivity index (χ0) is 26.4. The second kappa shape index (κ2) is 10.4.